The lowest BCUT2D eigenvalue weighted by atomic mass is 9.94. The zero-order valence-electron chi connectivity index (χ0n) is 19.3. The molecule has 1 heterocycles. The summed E-state index contributed by atoms with van der Waals surface area (Å²) >= 11 is 6.28. The van der Waals surface area contributed by atoms with Crippen molar-refractivity contribution in [2.45, 2.75) is 39.3 Å². The summed E-state index contributed by atoms with van der Waals surface area (Å²) in [5, 5.41) is 11.5. The van der Waals surface area contributed by atoms with Crippen molar-refractivity contribution in [3.8, 4) is 17.2 Å². The van der Waals surface area contributed by atoms with Gasteiger partial charge in [-0.3, -0.25) is 9.59 Å². The van der Waals surface area contributed by atoms with Crippen LogP contribution in [0.2, 0.25) is 5.02 Å². The maximum Gasteiger partial charge on any atom is 0.295 e. The molecule has 0 saturated carbocycles. The summed E-state index contributed by atoms with van der Waals surface area (Å²) in [6.07, 6.45) is 0.594. The lowest BCUT2D eigenvalue weighted by Crippen LogP contribution is -2.30. The second-order valence-electron chi connectivity index (χ2n) is 7.92. The predicted molar refractivity (Wildman–Crippen MR) is 126 cm³/mol. The maximum absolute atomic E-state index is 13.1. The van der Waals surface area contributed by atoms with E-state index in [4.69, 9.17) is 25.8 Å². The van der Waals surface area contributed by atoms with Gasteiger partial charge in [0.15, 0.2) is 0 Å². The molecule has 0 radical (unpaired) electrons. The Hall–Kier alpha value is -3.19. The van der Waals surface area contributed by atoms with Crippen molar-refractivity contribution in [3.63, 3.8) is 0 Å². The van der Waals surface area contributed by atoms with E-state index in [9.17, 15) is 14.7 Å². The van der Waals surface area contributed by atoms with Crippen molar-refractivity contribution in [3.05, 3.63) is 58.1 Å². The van der Waals surface area contributed by atoms with Crippen LogP contribution in [0.4, 0.5) is 0 Å². The fraction of sp³-hybridized carbons (Fsp3) is 0.360. The number of carbonyl (C=O) groups is 2. The highest BCUT2D eigenvalue weighted by molar-refractivity contribution is 6.46. The Labute approximate surface area is 198 Å². The summed E-state index contributed by atoms with van der Waals surface area (Å²) in [4.78, 5) is 27.5. The number of likely N-dealkylation sites (tertiary alicyclic amines) is 1. The van der Waals surface area contributed by atoms with Gasteiger partial charge in [-0.2, -0.15) is 0 Å². The lowest BCUT2D eigenvalue weighted by Gasteiger charge is -2.25. The van der Waals surface area contributed by atoms with E-state index in [1.807, 2.05) is 26.8 Å². The minimum atomic E-state index is -0.786. The standard InChI is InChI=1S/C25H28ClNO6/c1-6-10-27-22(15-8-7-9-16(11-15)33-14(2)3)21(24(29)25(27)30)23(28)17-12-18(26)20(32-5)13-19(17)31-4/h7-9,11-14,22,28H,6,10H2,1-5H3/b23-21+. The smallest absolute Gasteiger partial charge is 0.295 e. The Balaban J connectivity index is 2.24. The van der Waals surface area contributed by atoms with Gasteiger partial charge in [0, 0.05) is 12.6 Å². The molecule has 1 saturated heterocycles. The van der Waals surface area contributed by atoms with Gasteiger partial charge in [0.1, 0.15) is 23.0 Å². The highest BCUT2D eigenvalue weighted by Crippen LogP contribution is 2.43. The van der Waals surface area contributed by atoms with E-state index in [2.05, 4.69) is 0 Å². The second-order valence-corrected chi connectivity index (χ2v) is 8.33. The molecule has 1 fully saturated rings. The molecule has 33 heavy (non-hydrogen) atoms. The molecule has 1 aliphatic heterocycles. The first kappa shape index (κ1) is 24.5. The summed E-state index contributed by atoms with van der Waals surface area (Å²) in [7, 11) is 2.89. The monoisotopic (exact) mass is 473 g/mol. The summed E-state index contributed by atoms with van der Waals surface area (Å²) < 4.78 is 16.4. The number of ether oxygens (including phenoxy) is 3. The quantitative estimate of drug-likeness (QED) is 0.331. The molecule has 0 spiro atoms. The van der Waals surface area contributed by atoms with E-state index in [1.165, 1.54) is 31.3 Å². The number of carbonyl (C=O) groups excluding carboxylic acids is 2. The Bertz CT molecular complexity index is 1090. The van der Waals surface area contributed by atoms with Gasteiger partial charge in [-0.25, -0.2) is 0 Å². The molecule has 0 aromatic heterocycles. The van der Waals surface area contributed by atoms with Gasteiger partial charge in [-0.1, -0.05) is 30.7 Å². The molecule has 3 rings (SSSR count). The van der Waals surface area contributed by atoms with Gasteiger partial charge >= 0.3 is 0 Å². The first-order chi connectivity index (χ1) is 15.7. The summed E-state index contributed by atoms with van der Waals surface area (Å²) in [6.45, 7) is 6.09. The highest BCUT2D eigenvalue weighted by Gasteiger charge is 2.46. The van der Waals surface area contributed by atoms with Crippen LogP contribution in [-0.2, 0) is 9.59 Å². The van der Waals surface area contributed by atoms with E-state index in [-0.39, 0.29) is 33.8 Å². The van der Waals surface area contributed by atoms with Crippen LogP contribution < -0.4 is 14.2 Å². The topological polar surface area (TPSA) is 85.3 Å². The fourth-order valence-electron chi connectivity index (χ4n) is 3.92. The van der Waals surface area contributed by atoms with Crippen LogP contribution in [-0.4, -0.2) is 48.6 Å². The zero-order chi connectivity index (χ0) is 24.3. The summed E-state index contributed by atoms with van der Waals surface area (Å²) in [5.74, 6) is -0.590. The molecule has 1 aliphatic rings. The van der Waals surface area contributed by atoms with Crippen molar-refractivity contribution in [2.75, 3.05) is 20.8 Å². The van der Waals surface area contributed by atoms with Crippen LogP contribution in [0.5, 0.6) is 17.2 Å². The Morgan fingerprint density at radius 3 is 2.42 bits per heavy atom. The number of halogens is 1. The predicted octanol–water partition coefficient (Wildman–Crippen LogP) is 4.98. The van der Waals surface area contributed by atoms with E-state index < -0.39 is 17.7 Å². The number of aliphatic hydroxyl groups is 1. The van der Waals surface area contributed by atoms with E-state index in [1.54, 1.807) is 18.2 Å². The fourth-order valence-corrected chi connectivity index (χ4v) is 4.16. The number of Topliss-reactive ketones (excluding diaryl/α,β-unsaturated/α-hetero) is 1. The normalized spacial score (nSPS) is 17.5. The van der Waals surface area contributed by atoms with Crippen LogP contribution in [0, 0.1) is 0 Å². The maximum atomic E-state index is 13.1. The molecule has 1 amide bonds. The highest BCUT2D eigenvalue weighted by atomic mass is 35.5. The zero-order valence-corrected chi connectivity index (χ0v) is 20.1. The number of nitrogens with zero attached hydrogens (tertiary/aromatic N) is 1. The number of hydrogen-bond donors (Lipinski definition) is 1. The van der Waals surface area contributed by atoms with Crippen LogP contribution in [0.15, 0.2) is 42.0 Å². The van der Waals surface area contributed by atoms with Gasteiger partial charge in [-0.05, 0) is 44.0 Å². The molecule has 1 unspecified atom stereocenters. The van der Waals surface area contributed by atoms with Crippen molar-refractivity contribution in [2.24, 2.45) is 0 Å². The molecule has 176 valence electrons. The average Bonchev–Trinajstić information content (AvgIpc) is 3.03. The molecule has 8 heteroatoms. The minimum Gasteiger partial charge on any atom is -0.507 e. The van der Waals surface area contributed by atoms with E-state index >= 15 is 0 Å². The van der Waals surface area contributed by atoms with Gasteiger partial charge in [0.2, 0.25) is 0 Å². The van der Waals surface area contributed by atoms with Crippen LogP contribution in [0.1, 0.15) is 44.4 Å². The Morgan fingerprint density at radius 1 is 1.12 bits per heavy atom. The van der Waals surface area contributed by atoms with Crippen LogP contribution in [0.25, 0.3) is 5.76 Å². The van der Waals surface area contributed by atoms with Crippen LogP contribution in [0.3, 0.4) is 0 Å². The van der Waals surface area contributed by atoms with Crippen molar-refractivity contribution in [1.82, 2.24) is 4.90 Å². The number of hydrogen-bond acceptors (Lipinski definition) is 6. The second kappa shape index (κ2) is 10.2. The third-order valence-corrected chi connectivity index (χ3v) is 5.57. The van der Waals surface area contributed by atoms with Gasteiger partial charge < -0.3 is 24.2 Å². The Kier molecular flexibility index (Phi) is 7.53. The van der Waals surface area contributed by atoms with E-state index in [0.29, 0.717) is 30.0 Å². The number of aliphatic hydroxyl groups excluding tert-OH is 1. The molecule has 2 aromatic carbocycles. The Morgan fingerprint density at radius 2 is 1.82 bits per heavy atom. The molecular formula is C25H28ClNO6. The average molecular weight is 474 g/mol. The molecule has 2 aromatic rings. The molecular weight excluding hydrogens is 446 g/mol. The lowest BCUT2D eigenvalue weighted by molar-refractivity contribution is -0.139. The van der Waals surface area contributed by atoms with Gasteiger partial charge in [-0.15, -0.1) is 0 Å². The number of amides is 1. The largest absolute Gasteiger partial charge is 0.507 e. The molecule has 0 aliphatic carbocycles. The molecule has 0 bridgehead atoms. The summed E-state index contributed by atoms with van der Waals surface area (Å²) in [5.41, 5.74) is 0.813. The molecule has 7 nitrogen and oxygen atoms in total. The third-order valence-electron chi connectivity index (χ3n) is 5.28. The van der Waals surface area contributed by atoms with Crippen LogP contribution >= 0.6 is 11.6 Å². The van der Waals surface area contributed by atoms with Gasteiger partial charge in [0.25, 0.3) is 11.7 Å². The number of ketones is 1. The first-order valence-corrected chi connectivity index (χ1v) is 11.1. The number of methoxy groups -OCH3 is 2. The van der Waals surface area contributed by atoms with Crippen molar-refractivity contribution in [1.29, 1.82) is 0 Å². The van der Waals surface area contributed by atoms with Gasteiger partial charge in [0.05, 0.1) is 42.5 Å². The number of rotatable bonds is 8. The van der Waals surface area contributed by atoms with Crippen molar-refractivity contribution >= 4 is 29.1 Å². The van der Waals surface area contributed by atoms with Crippen molar-refractivity contribution < 1.29 is 28.9 Å². The third kappa shape index (κ3) is 4.78. The first-order valence-electron chi connectivity index (χ1n) is 10.7. The minimum absolute atomic E-state index is 0.0327. The number of benzene rings is 2. The molecule has 1 atom stereocenters. The molecule has 1 N–H and O–H groups in total. The summed E-state index contributed by atoms with van der Waals surface area (Å²) in [6, 6.07) is 9.38. The van der Waals surface area contributed by atoms with E-state index in [0.717, 1.165) is 0 Å². The SMILES string of the molecule is CCCN1C(=O)C(=O)/C(=C(/O)c2cc(Cl)c(OC)cc2OC)C1c1cccc(OC(C)C)c1.